The molecule has 2 aliphatic carbocycles. The monoisotopic (exact) mass is 887 g/mol. The van der Waals surface area contributed by atoms with Gasteiger partial charge in [0.1, 0.15) is 0 Å². The zero-order chi connectivity index (χ0) is 45.7. The van der Waals surface area contributed by atoms with E-state index in [2.05, 4.69) is 257 Å². The van der Waals surface area contributed by atoms with Crippen LogP contribution in [0.15, 0.2) is 224 Å². The lowest BCUT2D eigenvalue weighted by atomic mass is 9.77. The Bertz CT molecular complexity index is 3750. The maximum atomic E-state index is 2.55. The Hall–Kier alpha value is -7.78. The van der Waals surface area contributed by atoms with E-state index >= 15 is 0 Å². The minimum Gasteiger partial charge on any atom is -0.310 e. The molecule has 0 amide bonds. The van der Waals surface area contributed by atoms with Crippen molar-refractivity contribution in [1.29, 1.82) is 0 Å². The summed E-state index contributed by atoms with van der Waals surface area (Å²) in [4.78, 5) is 2.43. The SMILES string of the molecule is CC1(C)c2cc(N(c3ccc(-c4ccccc4)cc3)c3ccc(-c4ccc5c(c4)sc4ccccc45)cc3)ccc2-c2cc3c(cc21)-c1cc(-c2ccccc2)cc(-c2ccccc2)c1C3(C)C. The molecule has 1 nitrogen and oxygen atoms in total. The third-order valence-electron chi connectivity index (χ3n) is 15.0. The van der Waals surface area contributed by atoms with Gasteiger partial charge >= 0.3 is 0 Å². The van der Waals surface area contributed by atoms with E-state index < -0.39 is 0 Å². The van der Waals surface area contributed by atoms with Crippen molar-refractivity contribution in [3.05, 3.63) is 247 Å². The number of hydrogen-bond donors (Lipinski definition) is 0. The number of rotatable bonds is 7. The minimum absolute atomic E-state index is 0.203. The lowest BCUT2D eigenvalue weighted by Crippen LogP contribution is -2.18. The van der Waals surface area contributed by atoms with Crippen LogP contribution >= 0.6 is 11.3 Å². The summed E-state index contributed by atoms with van der Waals surface area (Å²) in [5.74, 6) is 0. The van der Waals surface area contributed by atoms with Crippen molar-refractivity contribution in [3.63, 3.8) is 0 Å². The fraction of sp³-hybridized carbons (Fsp3) is 0.0909. The van der Waals surface area contributed by atoms with E-state index in [0.29, 0.717) is 0 Å². The molecule has 2 aliphatic rings. The molecule has 0 aliphatic heterocycles. The van der Waals surface area contributed by atoms with Crippen molar-refractivity contribution in [1.82, 2.24) is 0 Å². The summed E-state index contributed by atoms with van der Waals surface area (Å²) in [6.07, 6.45) is 0. The van der Waals surface area contributed by atoms with Gasteiger partial charge in [-0.25, -0.2) is 0 Å². The van der Waals surface area contributed by atoms with E-state index in [0.717, 1.165) is 17.1 Å². The van der Waals surface area contributed by atoms with E-state index in [1.54, 1.807) is 0 Å². The van der Waals surface area contributed by atoms with Gasteiger partial charge in [0.25, 0.3) is 0 Å². The van der Waals surface area contributed by atoms with Crippen molar-refractivity contribution < 1.29 is 0 Å². The molecule has 324 valence electrons. The summed E-state index contributed by atoms with van der Waals surface area (Å²) in [5.41, 5.74) is 23.8. The fourth-order valence-corrected chi connectivity index (χ4v) is 12.7. The molecule has 1 aromatic heterocycles. The molecule has 1 heterocycles. The van der Waals surface area contributed by atoms with Crippen LogP contribution in [-0.2, 0) is 10.8 Å². The van der Waals surface area contributed by atoms with Crippen LogP contribution < -0.4 is 4.90 Å². The summed E-state index contributed by atoms with van der Waals surface area (Å²) in [6, 6.07) is 83.6. The Balaban J connectivity index is 0.919. The molecular weight excluding hydrogens is 839 g/mol. The van der Waals surface area contributed by atoms with Gasteiger partial charge in [0.2, 0.25) is 0 Å². The van der Waals surface area contributed by atoms with E-state index in [4.69, 9.17) is 0 Å². The molecule has 68 heavy (non-hydrogen) atoms. The summed E-state index contributed by atoms with van der Waals surface area (Å²) in [7, 11) is 0. The molecule has 0 bridgehead atoms. The number of nitrogens with zero attached hydrogens (tertiary/aromatic N) is 1. The van der Waals surface area contributed by atoms with Crippen LogP contribution in [0.1, 0.15) is 49.9 Å². The Kier molecular flexibility index (Phi) is 9.16. The normalized spacial score (nSPS) is 13.8. The van der Waals surface area contributed by atoms with Gasteiger partial charge in [0.15, 0.2) is 0 Å². The van der Waals surface area contributed by atoms with Crippen molar-refractivity contribution in [2.45, 2.75) is 38.5 Å². The van der Waals surface area contributed by atoms with Gasteiger partial charge < -0.3 is 4.90 Å². The number of anilines is 3. The molecule has 0 atom stereocenters. The Morgan fingerprint density at radius 2 is 0.765 bits per heavy atom. The van der Waals surface area contributed by atoms with Gasteiger partial charge in [0.05, 0.1) is 0 Å². The summed E-state index contributed by atoms with van der Waals surface area (Å²) >= 11 is 1.87. The average Bonchev–Trinajstić information content (AvgIpc) is 3.95. The molecule has 0 radical (unpaired) electrons. The first-order valence-electron chi connectivity index (χ1n) is 23.8. The molecule has 0 saturated carbocycles. The minimum atomic E-state index is -0.236. The van der Waals surface area contributed by atoms with Crippen LogP contribution in [0.3, 0.4) is 0 Å². The largest absolute Gasteiger partial charge is 0.310 e. The predicted octanol–water partition coefficient (Wildman–Crippen LogP) is 18.8. The van der Waals surface area contributed by atoms with Gasteiger partial charge in [-0.15, -0.1) is 11.3 Å². The first kappa shape index (κ1) is 40.5. The fourth-order valence-electron chi connectivity index (χ4n) is 11.5. The van der Waals surface area contributed by atoms with Crippen LogP contribution in [-0.4, -0.2) is 0 Å². The summed E-state index contributed by atoms with van der Waals surface area (Å²) in [5, 5.41) is 2.65. The second-order valence-electron chi connectivity index (χ2n) is 19.7. The maximum Gasteiger partial charge on any atom is 0.0465 e. The van der Waals surface area contributed by atoms with Crippen LogP contribution in [0.25, 0.3) is 86.9 Å². The second kappa shape index (κ2) is 15.4. The van der Waals surface area contributed by atoms with Crippen molar-refractivity contribution in [3.8, 4) is 66.8 Å². The van der Waals surface area contributed by atoms with Crippen LogP contribution in [0.5, 0.6) is 0 Å². The first-order valence-corrected chi connectivity index (χ1v) is 24.6. The average molecular weight is 888 g/mol. The third-order valence-corrected chi connectivity index (χ3v) is 16.2. The number of hydrogen-bond acceptors (Lipinski definition) is 2. The zero-order valence-electron chi connectivity index (χ0n) is 38.7. The van der Waals surface area contributed by atoms with Crippen LogP contribution in [0.4, 0.5) is 17.1 Å². The van der Waals surface area contributed by atoms with Gasteiger partial charge in [-0.2, -0.15) is 0 Å². The van der Waals surface area contributed by atoms with Crippen molar-refractivity contribution in [2.24, 2.45) is 0 Å². The summed E-state index contributed by atoms with van der Waals surface area (Å²) in [6.45, 7) is 9.70. The molecule has 10 aromatic carbocycles. The molecule has 0 spiro atoms. The third kappa shape index (κ3) is 6.35. The predicted molar refractivity (Wildman–Crippen MR) is 291 cm³/mol. The van der Waals surface area contributed by atoms with Gasteiger partial charge in [-0.3, -0.25) is 0 Å². The molecule has 2 heteroatoms. The Morgan fingerprint density at radius 3 is 1.43 bits per heavy atom. The lowest BCUT2D eigenvalue weighted by molar-refractivity contribution is 0.653. The molecule has 0 saturated heterocycles. The topological polar surface area (TPSA) is 3.24 Å². The van der Waals surface area contributed by atoms with Crippen molar-refractivity contribution in [2.75, 3.05) is 4.90 Å². The molecule has 11 aromatic rings. The highest BCUT2D eigenvalue weighted by Crippen LogP contribution is 2.59. The molecule has 13 rings (SSSR count). The van der Waals surface area contributed by atoms with E-state index in [1.165, 1.54) is 109 Å². The number of thiophene rings is 1. The van der Waals surface area contributed by atoms with Crippen molar-refractivity contribution >= 4 is 48.6 Å². The van der Waals surface area contributed by atoms with Gasteiger partial charge in [-0.1, -0.05) is 179 Å². The molecular formula is C66H49NS. The zero-order valence-corrected chi connectivity index (χ0v) is 39.5. The molecule has 0 N–H and O–H groups in total. The second-order valence-corrected chi connectivity index (χ2v) is 20.8. The number of fused-ring (bicyclic) bond motifs is 9. The van der Waals surface area contributed by atoms with E-state index in [-0.39, 0.29) is 10.8 Å². The van der Waals surface area contributed by atoms with Gasteiger partial charge in [-0.05, 0) is 162 Å². The molecule has 0 fully saturated rings. The van der Waals surface area contributed by atoms with Gasteiger partial charge in [0, 0.05) is 48.1 Å². The smallest absolute Gasteiger partial charge is 0.0465 e. The van der Waals surface area contributed by atoms with Crippen LogP contribution in [0, 0.1) is 0 Å². The summed E-state index contributed by atoms with van der Waals surface area (Å²) < 4.78 is 2.65. The maximum absolute atomic E-state index is 2.55. The van der Waals surface area contributed by atoms with E-state index in [1.807, 2.05) is 11.3 Å². The Labute approximate surface area is 403 Å². The van der Waals surface area contributed by atoms with Crippen LogP contribution in [0.2, 0.25) is 0 Å². The quantitative estimate of drug-likeness (QED) is 0.154. The Morgan fingerprint density at radius 1 is 0.294 bits per heavy atom. The lowest BCUT2D eigenvalue weighted by Gasteiger charge is -2.28. The molecule has 0 unspecified atom stereocenters. The standard InChI is InChI=1S/C66H49NS/c1-65(2)59-39-51(33-35-52(59)56-40-61-57(41-60(56)65)58-37-48(43-18-10-6-11-19-43)36-55(64(58)66(61,3)4)46-20-12-7-13-21-46)67(49-29-24-44(25-30-49)42-16-8-5-9-17-42)50-31-26-45(27-32-50)47-28-34-54-53-22-14-15-23-62(53)68-63(54)38-47/h5-41H,1-4H3. The first-order chi connectivity index (χ1) is 33.2. The van der Waals surface area contributed by atoms with E-state index in [9.17, 15) is 0 Å². The highest BCUT2D eigenvalue weighted by atomic mass is 32.1. The highest BCUT2D eigenvalue weighted by molar-refractivity contribution is 7.25. The number of benzene rings is 10. The highest BCUT2D eigenvalue weighted by Gasteiger charge is 2.43.